The second-order valence-electron chi connectivity index (χ2n) is 14.2. The van der Waals surface area contributed by atoms with Crippen molar-refractivity contribution in [2.24, 2.45) is 0 Å². The summed E-state index contributed by atoms with van der Waals surface area (Å²) in [6.45, 7) is 0. The summed E-state index contributed by atoms with van der Waals surface area (Å²) in [6.07, 6.45) is 0. The highest BCUT2D eigenvalue weighted by atomic mass is 32.2. The van der Waals surface area contributed by atoms with Crippen LogP contribution < -0.4 is 18.9 Å². The van der Waals surface area contributed by atoms with Crippen LogP contribution in [0.2, 0.25) is 0 Å². The standard InChI is InChI=1S/C26H18O8S.C26H18O6S/c27-25(28)17-3-1-5-21(15-17)33-19-7-11-23(12-8-19)35(31,32)24-13-9-20(10-14-24)34-22-6-2-4-18(16-22)26(29)30;27-25(28)17-1-5-19(6-2-17)31-21-9-13-23(14-10-21)33-24-15-11-22(12-16-24)32-20-7-3-18(4-8-20)26(29)30/h1-16H,(H,27,28)(H,29,30);1-16H,(H,27,28)(H,29,30). The van der Waals surface area contributed by atoms with Gasteiger partial charge in [0.25, 0.3) is 0 Å². The van der Waals surface area contributed by atoms with Gasteiger partial charge in [0.1, 0.15) is 46.0 Å². The van der Waals surface area contributed by atoms with Crippen LogP contribution in [0.4, 0.5) is 0 Å². The van der Waals surface area contributed by atoms with E-state index in [2.05, 4.69) is 0 Å². The molecule has 68 heavy (non-hydrogen) atoms. The smallest absolute Gasteiger partial charge is 0.335 e. The molecule has 8 aromatic rings. The van der Waals surface area contributed by atoms with Crippen molar-refractivity contribution in [2.75, 3.05) is 0 Å². The predicted molar refractivity (Wildman–Crippen MR) is 249 cm³/mol. The van der Waals surface area contributed by atoms with E-state index in [-0.39, 0.29) is 32.0 Å². The van der Waals surface area contributed by atoms with E-state index in [4.69, 9.17) is 39.4 Å². The number of ether oxygens (including phenoxy) is 4. The molecule has 0 bridgehead atoms. The van der Waals surface area contributed by atoms with E-state index in [1.54, 1.807) is 60.3 Å². The highest BCUT2D eigenvalue weighted by Gasteiger charge is 2.18. The quantitative estimate of drug-likeness (QED) is 0.0707. The minimum absolute atomic E-state index is 0.0481. The lowest BCUT2D eigenvalue weighted by atomic mass is 10.2. The van der Waals surface area contributed by atoms with E-state index in [1.165, 1.54) is 97.1 Å². The van der Waals surface area contributed by atoms with Crippen LogP contribution in [0, 0.1) is 0 Å². The number of benzene rings is 8. The van der Waals surface area contributed by atoms with E-state index < -0.39 is 33.7 Å². The molecule has 0 fully saturated rings. The van der Waals surface area contributed by atoms with Crippen LogP contribution in [-0.4, -0.2) is 52.7 Å². The van der Waals surface area contributed by atoms with Gasteiger partial charge in [0.2, 0.25) is 9.84 Å². The van der Waals surface area contributed by atoms with Crippen molar-refractivity contribution in [3.05, 3.63) is 216 Å². The summed E-state index contributed by atoms with van der Waals surface area (Å²) in [7, 11) is -3.82. The molecular weight excluding hydrogens is 913 g/mol. The van der Waals surface area contributed by atoms with Crippen LogP contribution >= 0.6 is 11.8 Å². The monoisotopic (exact) mass is 948 g/mol. The van der Waals surface area contributed by atoms with Crippen molar-refractivity contribution < 1.29 is 67.0 Å². The van der Waals surface area contributed by atoms with Gasteiger partial charge in [-0.15, -0.1) is 0 Å². The molecule has 16 heteroatoms. The van der Waals surface area contributed by atoms with Gasteiger partial charge in [-0.05, 0) is 182 Å². The van der Waals surface area contributed by atoms with E-state index in [1.807, 2.05) is 48.5 Å². The third-order valence-electron chi connectivity index (χ3n) is 9.46. The lowest BCUT2D eigenvalue weighted by Gasteiger charge is -2.10. The topological polar surface area (TPSA) is 220 Å². The van der Waals surface area contributed by atoms with Gasteiger partial charge in [-0.3, -0.25) is 0 Å². The number of carbonyl (C=O) groups is 4. The summed E-state index contributed by atoms with van der Waals surface area (Å²) >= 11 is 1.59. The fourth-order valence-corrected chi connectivity index (χ4v) is 8.14. The number of hydrogen-bond acceptors (Lipinski definition) is 11. The summed E-state index contributed by atoms with van der Waals surface area (Å²) in [6, 6.07) is 51.1. The van der Waals surface area contributed by atoms with E-state index >= 15 is 0 Å². The number of sulfone groups is 1. The number of hydrogen-bond donors (Lipinski definition) is 4. The Hall–Kier alpha value is -8.86. The summed E-state index contributed by atoms with van der Waals surface area (Å²) in [5.41, 5.74) is 0.565. The number of rotatable bonds is 16. The Balaban J connectivity index is 0.000000202. The van der Waals surface area contributed by atoms with Crippen LogP contribution in [0.15, 0.2) is 214 Å². The summed E-state index contributed by atoms with van der Waals surface area (Å²) in [5.74, 6) is -0.368. The lowest BCUT2D eigenvalue weighted by molar-refractivity contribution is 0.0686. The summed E-state index contributed by atoms with van der Waals surface area (Å²) < 4.78 is 48.8. The fourth-order valence-electron chi connectivity index (χ4n) is 6.06. The predicted octanol–water partition coefficient (Wildman–Crippen LogP) is 12.3. The van der Waals surface area contributed by atoms with Gasteiger partial charge in [-0.2, -0.15) is 0 Å². The second-order valence-corrected chi connectivity index (χ2v) is 17.3. The molecular formula is C52H36O14S2. The zero-order chi connectivity index (χ0) is 48.2. The van der Waals surface area contributed by atoms with Crippen LogP contribution in [0.5, 0.6) is 46.0 Å². The lowest BCUT2D eigenvalue weighted by Crippen LogP contribution is -2.02. The minimum Gasteiger partial charge on any atom is -0.478 e. The van der Waals surface area contributed by atoms with E-state index in [0.717, 1.165) is 9.79 Å². The molecule has 0 atom stereocenters. The average Bonchev–Trinajstić information content (AvgIpc) is 3.34. The maximum atomic E-state index is 13.0. The first-order chi connectivity index (χ1) is 32.7. The molecule has 0 unspecified atom stereocenters. The van der Waals surface area contributed by atoms with Crippen molar-refractivity contribution in [3.63, 3.8) is 0 Å². The molecule has 0 spiro atoms. The zero-order valence-corrected chi connectivity index (χ0v) is 36.8. The fraction of sp³-hybridized carbons (Fsp3) is 0. The third-order valence-corrected chi connectivity index (χ3v) is 12.3. The first-order valence-electron chi connectivity index (χ1n) is 20.1. The van der Waals surface area contributed by atoms with Gasteiger partial charge in [0, 0.05) is 9.79 Å². The number of aromatic carboxylic acids is 4. The van der Waals surface area contributed by atoms with Crippen LogP contribution in [-0.2, 0) is 9.84 Å². The maximum Gasteiger partial charge on any atom is 0.335 e. The van der Waals surface area contributed by atoms with Gasteiger partial charge < -0.3 is 39.4 Å². The van der Waals surface area contributed by atoms with Gasteiger partial charge >= 0.3 is 23.9 Å². The largest absolute Gasteiger partial charge is 0.478 e. The van der Waals surface area contributed by atoms with Crippen molar-refractivity contribution in [2.45, 2.75) is 19.6 Å². The van der Waals surface area contributed by atoms with Gasteiger partial charge in [0.05, 0.1) is 32.0 Å². The molecule has 0 radical (unpaired) electrons. The molecule has 0 saturated carbocycles. The van der Waals surface area contributed by atoms with E-state index in [9.17, 15) is 27.6 Å². The highest BCUT2D eigenvalue weighted by molar-refractivity contribution is 7.99. The molecule has 14 nitrogen and oxygen atoms in total. The number of carboxylic acids is 4. The second kappa shape index (κ2) is 21.4. The molecule has 8 aromatic carbocycles. The molecule has 0 aliphatic heterocycles. The molecule has 8 rings (SSSR count). The van der Waals surface area contributed by atoms with Crippen LogP contribution in [0.25, 0.3) is 0 Å². The zero-order valence-electron chi connectivity index (χ0n) is 35.2. The molecule has 4 N–H and O–H groups in total. The first-order valence-corrected chi connectivity index (χ1v) is 22.4. The molecule has 0 amide bonds. The third kappa shape index (κ3) is 12.7. The van der Waals surface area contributed by atoms with Crippen LogP contribution in [0.1, 0.15) is 41.4 Å². The Bertz CT molecular complexity index is 2960. The van der Waals surface area contributed by atoms with Gasteiger partial charge in [-0.25, -0.2) is 27.6 Å². The SMILES string of the molecule is O=C(O)c1ccc(Oc2ccc(Sc3ccc(Oc4ccc(C(=O)O)cc4)cc3)cc2)cc1.O=C(O)c1cccc(Oc2ccc(S(=O)(=O)c3ccc(Oc4cccc(C(=O)O)c4)cc3)cc2)c1. The van der Waals surface area contributed by atoms with Crippen molar-refractivity contribution in [3.8, 4) is 46.0 Å². The normalized spacial score (nSPS) is 10.7. The number of carboxylic acid groups (broad SMARTS) is 4. The molecule has 0 aromatic heterocycles. The molecule has 0 saturated heterocycles. The van der Waals surface area contributed by atoms with Gasteiger partial charge in [0.15, 0.2) is 0 Å². The van der Waals surface area contributed by atoms with Crippen molar-refractivity contribution in [1.82, 2.24) is 0 Å². The van der Waals surface area contributed by atoms with Gasteiger partial charge in [-0.1, -0.05) is 23.9 Å². The molecule has 340 valence electrons. The Morgan fingerprint density at radius 3 is 0.882 bits per heavy atom. The van der Waals surface area contributed by atoms with Crippen molar-refractivity contribution >= 4 is 45.5 Å². The minimum atomic E-state index is -3.82. The maximum absolute atomic E-state index is 13.0. The Kier molecular flexibility index (Phi) is 14.8. The average molecular weight is 949 g/mol. The highest BCUT2D eigenvalue weighted by Crippen LogP contribution is 2.33. The van der Waals surface area contributed by atoms with Crippen LogP contribution in [0.3, 0.4) is 0 Å². The van der Waals surface area contributed by atoms with E-state index in [0.29, 0.717) is 46.0 Å². The first kappa shape index (κ1) is 47.1. The summed E-state index contributed by atoms with van der Waals surface area (Å²) in [4.78, 5) is 46.2. The molecule has 0 heterocycles. The molecule has 0 aliphatic rings. The Morgan fingerprint density at radius 1 is 0.324 bits per heavy atom. The van der Waals surface area contributed by atoms with Crippen molar-refractivity contribution in [1.29, 1.82) is 0 Å². The molecule has 0 aliphatic carbocycles. The Morgan fingerprint density at radius 2 is 0.588 bits per heavy atom. The summed E-state index contributed by atoms with van der Waals surface area (Å²) in [5, 5.41) is 36.1. The Labute approximate surface area is 392 Å².